The van der Waals surface area contributed by atoms with Gasteiger partial charge in [0.2, 0.25) is 0 Å². The lowest BCUT2D eigenvalue weighted by molar-refractivity contribution is -0.187. The summed E-state index contributed by atoms with van der Waals surface area (Å²) in [7, 11) is 0. The zero-order chi connectivity index (χ0) is 28.3. The highest BCUT2D eigenvalue weighted by atomic mass is 19.3. The van der Waals surface area contributed by atoms with Gasteiger partial charge in [0.05, 0.1) is 12.2 Å². The molecule has 0 amide bonds. The minimum Gasteiger partial charge on any atom is -0.494 e. The van der Waals surface area contributed by atoms with Crippen LogP contribution in [0.2, 0.25) is 0 Å². The maximum Gasteiger partial charge on any atom is 0.429 e. The van der Waals surface area contributed by atoms with Gasteiger partial charge >= 0.3 is 6.11 Å². The first-order chi connectivity index (χ1) is 18.5. The number of halogens is 8. The summed E-state index contributed by atoms with van der Waals surface area (Å²) < 4.78 is 121. The zero-order valence-electron chi connectivity index (χ0n) is 19.9. The van der Waals surface area contributed by atoms with Crippen molar-refractivity contribution in [2.45, 2.75) is 13.0 Å². The summed E-state index contributed by atoms with van der Waals surface area (Å²) in [4.78, 5) is 0. The second kappa shape index (κ2) is 11.1. The van der Waals surface area contributed by atoms with Crippen molar-refractivity contribution < 1.29 is 44.6 Å². The first-order valence-corrected chi connectivity index (χ1v) is 11.2. The minimum absolute atomic E-state index is 0.105. The molecule has 200 valence electrons. The van der Waals surface area contributed by atoms with E-state index in [0.29, 0.717) is 24.5 Å². The number of hydrogen-bond acceptors (Lipinski definition) is 2. The third-order valence-corrected chi connectivity index (χ3v) is 5.36. The Balaban J connectivity index is 1.54. The summed E-state index contributed by atoms with van der Waals surface area (Å²) in [6, 6.07) is 10.5. The van der Waals surface area contributed by atoms with E-state index in [0.717, 1.165) is 12.1 Å². The fourth-order valence-electron chi connectivity index (χ4n) is 3.53. The molecule has 0 aliphatic heterocycles. The van der Waals surface area contributed by atoms with Gasteiger partial charge < -0.3 is 9.47 Å². The largest absolute Gasteiger partial charge is 0.494 e. The molecule has 4 aromatic carbocycles. The van der Waals surface area contributed by atoms with Gasteiger partial charge in [0.1, 0.15) is 34.5 Å². The molecule has 0 aromatic heterocycles. The molecule has 0 N–H and O–H groups in total. The summed E-state index contributed by atoms with van der Waals surface area (Å²) >= 11 is 0. The standard InChI is InChI=1S/C29H16F8O2/c1-2-38-19-8-9-21(24(31)13-19)18-7-6-17(23(30)12-18)5-3-16-4-10-22(25(32)11-16)29(36,37)39-20-14-26(33)28(35)27(34)15-20/h4,6-15H,2H2,1H3. The van der Waals surface area contributed by atoms with Crippen LogP contribution in [0.3, 0.4) is 0 Å². The first-order valence-electron chi connectivity index (χ1n) is 11.2. The summed E-state index contributed by atoms with van der Waals surface area (Å²) in [6.07, 6.45) is -4.38. The van der Waals surface area contributed by atoms with E-state index in [1.165, 1.54) is 30.3 Å². The van der Waals surface area contributed by atoms with Crippen molar-refractivity contribution in [1.82, 2.24) is 0 Å². The van der Waals surface area contributed by atoms with Gasteiger partial charge in [-0.3, -0.25) is 0 Å². The Morgan fingerprint density at radius 2 is 1.36 bits per heavy atom. The molecule has 0 bridgehead atoms. The van der Waals surface area contributed by atoms with Crippen LogP contribution in [0.15, 0.2) is 66.7 Å². The topological polar surface area (TPSA) is 18.5 Å². The lowest BCUT2D eigenvalue weighted by Gasteiger charge is -2.19. The van der Waals surface area contributed by atoms with Crippen molar-refractivity contribution >= 4 is 0 Å². The van der Waals surface area contributed by atoms with Crippen molar-refractivity contribution in [3.8, 4) is 34.5 Å². The molecule has 10 heteroatoms. The van der Waals surface area contributed by atoms with Gasteiger partial charge in [-0.25, -0.2) is 26.3 Å². The number of alkyl halides is 2. The Kier molecular flexibility index (Phi) is 7.81. The highest BCUT2D eigenvalue weighted by Crippen LogP contribution is 2.34. The van der Waals surface area contributed by atoms with Gasteiger partial charge in [-0.2, -0.15) is 8.78 Å². The molecule has 0 radical (unpaired) electrons. The first kappa shape index (κ1) is 27.5. The molecule has 0 heterocycles. The predicted octanol–water partition coefficient (Wildman–Crippen LogP) is 8.12. The average molecular weight is 548 g/mol. The molecular weight excluding hydrogens is 532 g/mol. The fourth-order valence-corrected chi connectivity index (χ4v) is 3.53. The van der Waals surface area contributed by atoms with Crippen molar-refractivity contribution in [2.75, 3.05) is 6.61 Å². The maximum absolute atomic E-state index is 14.6. The van der Waals surface area contributed by atoms with Crippen LogP contribution >= 0.6 is 0 Å². The van der Waals surface area contributed by atoms with Crippen LogP contribution in [0.5, 0.6) is 11.5 Å². The molecule has 39 heavy (non-hydrogen) atoms. The normalized spacial score (nSPS) is 11.1. The van der Waals surface area contributed by atoms with Crippen LogP contribution in [0, 0.1) is 46.7 Å². The number of ether oxygens (including phenoxy) is 2. The van der Waals surface area contributed by atoms with E-state index in [9.17, 15) is 35.1 Å². The smallest absolute Gasteiger partial charge is 0.429 e. The molecular formula is C29H16F8O2. The van der Waals surface area contributed by atoms with E-state index in [4.69, 9.17) is 4.74 Å². The molecule has 0 aliphatic carbocycles. The van der Waals surface area contributed by atoms with Crippen molar-refractivity contribution in [1.29, 1.82) is 0 Å². The van der Waals surface area contributed by atoms with E-state index >= 15 is 0 Å². The molecule has 0 atom stereocenters. The van der Waals surface area contributed by atoms with Crippen molar-refractivity contribution in [3.05, 3.63) is 118 Å². The average Bonchev–Trinajstić information content (AvgIpc) is 2.86. The van der Waals surface area contributed by atoms with E-state index in [1.807, 2.05) is 0 Å². The van der Waals surface area contributed by atoms with E-state index in [1.54, 1.807) is 6.92 Å². The molecule has 4 rings (SSSR count). The molecule has 2 nitrogen and oxygen atoms in total. The molecule has 0 saturated heterocycles. The van der Waals surface area contributed by atoms with Crippen LogP contribution in [-0.2, 0) is 6.11 Å². The lowest BCUT2D eigenvalue weighted by atomic mass is 10.0. The summed E-state index contributed by atoms with van der Waals surface area (Å²) in [5.41, 5.74) is -1.15. The van der Waals surface area contributed by atoms with Gasteiger partial charge in [0.25, 0.3) is 0 Å². The van der Waals surface area contributed by atoms with Crippen LogP contribution in [-0.4, -0.2) is 6.61 Å². The molecule has 0 unspecified atom stereocenters. The minimum atomic E-state index is -4.38. The Morgan fingerprint density at radius 1 is 0.667 bits per heavy atom. The summed E-state index contributed by atoms with van der Waals surface area (Å²) in [5.74, 6) is -4.17. The Morgan fingerprint density at radius 3 is 1.97 bits per heavy atom. The third-order valence-electron chi connectivity index (χ3n) is 5.36. The summed E-state index contributed by atoms with van der Waals surface area (Å²) in [5, 5.41) is 0. The number of benzene rings is 4. The molecule has 0 spiro atoms. The van der Waals surface area contributed by atoms with Crippen LogP contribution in [0.4, 0.5) is 35.1 Å². The molecule has 0 fully saturated rings. The SMILES string of the molecule is CCOc1ccc(-c2ccc(C#Cc3ccc(C(F)(F)Oc4cc(F)c(F)c(F)c4)c(F)c3)c(F)c2)c(F)c1. The number of rotatable bonds is 6. The fraction of sp³-hybridized carbons (Fsp3) is 0.103. The Hall–Kier alpha value is -4.52. The Labute approximate surface area is 217 Å². The van der Waals surface area contributed by atoms with E-state index < -0.39 is 52.3 Å². The third kappa shape index (κ3) is 6.14. The van der Waals surface area contributed by atoms with Gasteiger partial charge in [-0.05, 0) is 55.0 Å². The molecule has 0 aliphatic rings. The molecule has 4 aromatic rings. The second-order valence-corrected chi connectivity index (χ2v) is 8.03. The molecule has 0 saturated carbocycles. The quantitative estimate of drug-likeness (QED) is 0.138. The van der Waals surface area contributed by atoms with Crippen molar-refractivity contribution in [2.24, 2.45) is 0 Å². The highest BCUT2D eigenvalue weighted by molar-refractivity contribution is 5.66. The summed E-state index contributed by atoms with van der Waals surface area (Å²) in [6.45, 7) is 2.10. The monoisotopic (exact) mass is 548 g/mol. The highest BCUT2D eigenvalue weighted by Gasteiger charge is 2.38. The second-order valence-electron chi connectivity index (χ2n) is 8.03. The van der Waals surface area contributed by atoms with Gasteiger partial charge in [0.15, 0.2) is 17.5 Å². The lowest BCUT2D eigenvalue weighted by Crippen LogP contribution is -2.23. The van der Waals surface area contributed by atoms with Gasteiger partial charge in [-0.1, -0.05) is 17.9 Å². The van der Waals surface area contributed by atoms with Crippen LogP contribution in [0.25, 0.3) is 11.1 Å². The van der Waals surface area contributed by atoms with Crippen LogP contribution in [0.1, 0.15) is 23.6 Å². The van der Waals surface area contributed by atoms with Crippen LogP contribution < -0.4 is 9.47 Å². The zero-order valence-corrected chi connectivity index (χ0v) is 19.9. The van der Waals surface area contributed by atoms with Crippen molar-refractivity contribution in [3.63, 3.8) is 0 Å². The van der Waals surface area contributed by atoms with Gasteiger partial charge in [-0.15, -0.1) is 0 Å². The maximum atomic E-state index is 14.6. The Bertz CT molecular complexity index is 1580. The van der Waals surface area contributed by atoms with E-state index in [2.05, 4.69) is 16.6 Å². The van der Waals surface area contributed by atoms with E-state index in [-0.39, 0.29) is 34.4 Å². The number of hydrogen-bond donors (Lipinski definition) is 0. The predicted molar refractivity (Wildman–Crippen MR) is 126 cm³/mol. The van der Waals surface area contributed by atoms with Gasteiger partial charge in [0, 0.05) is 29.3 Å².